The third kappa shape index (κ3) is 2.75. The lowest BCUT2D eigenvalue weighted by atomic mass is 10.4. The highest BCUT2D eigenvalue weighted by Crippen LogP contribution is 2.18. The lowest BCUT2D eigenvalue weighted by Crippen LogP contribution is -2.35. The van der Waals surface area contributed by atoms with E-state index in [0.29, 0.717) is 30.2 Å². The van der Waals surface area contributed by atoms with Crippen LogP contribution in [0, 0.1) is 12.7 Å². The summed E-state index contributed by atoms with van der Waals surface area (Å²) in [6.07, 6.45) is 3.79. The van der Waals surface area contributed by atoms with Crippen molar-refractivity contribution in [1.82, 2.24) is 19.7 Å². The van der Waals surface area contributed by atoms with Crippen molar-refractivity contribution >= 4 is 29.1 Å². The second kappa shape index (κ2) is 5.68. The molecular weight excluding hydrogens is 309 g/mol. The first-order valence-corrected chi connectivity index (χ1v) is 6.88. The maximum atomic E-state index is 13.2. The molecule has 1 N–H and O–H groups in total. The quantitative estimate of drug-likeness (QED) is 0.851. The van der Waals surface area contributed by atoms with Crippen LogP contribution in [0.25, 0.3) is 5.69 Å². The van der Waals surface area contributed by atoms with Crippen LogP contribution in [0.2, 0.25) is 0 Å². The second-order valence-corrected chi connectivity index (χ2v) is 5.02. The molecule has 0 aliphatic carbocycles. The van der Waals surface area contributed by atoms with Crippen LogP contribution in [0.3, 0.4) is 0 Å². The zero-order valence-electron chi connectivity index (χ0n) is 11.6. The van der Waals surface area contributed by atoms with Crippen molar-refractivity contribution in [2.24, 2.45) is 0 Å². The Kier molecular flexibility index (Phi) is 3.72. The Morgan fingerprint density at radius 1 is 1.50 bits per heavy atom. The zero-order valence-corrected chi connectivity index (χ0v) is 12.4. The van der Waals surface area contributed by atoms with E-state index in [1.165, 1.54) is 21.8 Å². The van der Waals surface area contributed by atoms with Gasteiger partial charge in [0, 0.05) is 6.07 Å². The van der Waals surface area contributed by atoms with Crippen LogP contribution >= 0.6 is 12.2 Å². The van der Waals surface area contributed by atoms with E-state index >= 15 is 0 Å². The number of aromatic nitrogens is 3. The molecule has 1 fully saturated rings. The molecule has 2 aromatic rings. The maximum Gasteiger partial charge on any atom is 0.416 e. The molecule has 0 aromatic carbocycles. The lowest BCUT2D eigenvalue weighted by molar-refractivity contribution is 0.169. The molecule has 7 nitrogen and oxygen atoms in total. The van der Waals surface area contributed by atoms with Gasteiger partial charge in [0.2, 0.25) is 0 Å². The van der Waals surface area contributed by atoms with Gasteiger partial charge in [-0.3, -0.25) is 9.88 Å². The number of amides is 1. The first-order valence-electron chi connectivity index (χ1n) is 6.47. The van der Waals surface area contributed by atoms with Gasteiger partial charge in [0.15, 0.2) is 5.11 Å². The molecule has 1 aliphatic heterocycles. The summed E-state index contributed by atoms with van der Waals surface area (Å²) in [5, 5.41) is 7.46. The molecule has 0 atom stereocenters. The summed E-state index contributed by atoms with van der Waals surface area (Å²) in [6, 6.07) is 1.32. The van der Waals surface area contributed by atoms with E-state index in [1.807, 2.05) is 0 Å². The van der Waals surface area contributed by atoms with Gasteiger partial charge in [0.25, 0.3) is 0 Å². The van der Waals surface area contributed by atoms with Gasteiger partial charge < -0.3 is 10.1 Å². The number of anilines is 1. The molecule has 0 spiro atoms. The number of hydrogen-bond acceptors (Lipinski definition) is 5. The third-order valence-corrected chi connectivity index (χ3v) is 3.42. The summed E-state index contributed by atoms with van der Waals surface area (Å²) >= 11 is 5.18. The van der Waals surface area contributed by atoms with Crippen molar-refractivity contribution in [3.05, 3.63) is 36.2 Å². The SMILES string of the molecule is Cc1nn(-c2cncc(F)c2)cc1NC(=S)N1CCOC1=O. The van der Waals surface area contributed by atoms with E-state index in [1.54, 1.807) is 13.1 Å². The fourth-order valence-corrected chi connectivity index (χ4v) is 2.28. The first kappa shape index (κ1) is 14.4. The molecule has 0 saturated carbocycles. The van der Waals surface area contributed by atoms with E-state index in [2.05, 4.69) is 15.4 Å². The second-order valence-electron chi connectivity index (χ2n) is 4.63. The molecule has 3 heterocycles. The number of thiocarbonyl (C=S) groups is 1. The van der Waals surface area contributed by atoms with Gasteiger partial charge in [-0.2, -0.15) is 5.10 Å². The molecule has 0 unspecified atom stereocenters. The average molecular weight is 321 g/mol. The van der Waals surface area contributed by atoms with Gasteiger partial charge in [-0.25, -0.2) is 13.9 Å². The monoisotopic (exact) mass is 321 g/mol. The van der Waals surface area contributed by atoms with E-state index in [0.717, 1.165) is 6.20 Å². The summed E-state index contributed by atoms with van der Waals surface area (Å²) in [6.45, 7) is 2.50. The van der Waals surface area contributed by atoms with Gasteiger partial charge in [-0.15, -0.1) is 0 Å². The van der Waals surface area contributed by atoms with Crippen molar-refractivity contribution in [3.8, 4) is 5.69 Å². The molecule has 1 saturated heterocycles. The molecule has 9 heteroatoms. The Bertz CT molecular complexity index is 748. The summed E-state index contributed by atoms with van der Waals surface area (Å²) in [7, 11) is 0. The summed E-state index contributed by atoms with van der Waals surface area (Å²) in [4.78, 5) is 16.6. The number of nitrogens with one attached hydrogen (secondary N) is 1. The molecule has 1 aliphatic rings. The van der Waals surface area contributed by atoms with Gasteiger partial charge in [-0.05, 0) is 19.1 Å². The number of carbonyl (C=O) groups excluding carboxylic acids is 1. The number of carbonyl (C=O) groups is 1. The predicted molar refractivity (Wildman–Crippen MR) is 80.3 cm³/mol. The smallest absolute Gasteiger partial charge is 0.416 e. The van der Waals surface area contributed by atoms with Crippen LogP contribution in [0.4, 0.5) is 14.9 Å². The number of nitrogens with zero attached hydrogens (tertiary/aromatic N) is 4. The van der Waals surface area contributed by atoms with Gasteiger partial charge in [-0.1, -0.05) is 0 Å². The summed E-state index contributed by atoms with van der Waals surface area (Å²) < 4.78 is 19.5. The number of hydrogen-bond donors (Lipinski definition) is 1. The van der Waals surface area contributed by atoms with Crippen molar-refractivity contribution in [3.63, 3.8) is 0 Å². The number of rotatable bonds is 2. The van der Waals surface area contributed by atoms with Crippen molar-refractivity contribution in [2.75, 3.05) is 18.5 Å². The molecule has 114 valence electrons. The Hall–Kier alpha value is -2.55. The van der Waals surface area contributed by atoms with E-state index in [4.69, 9.17) is 17.0 Å². The number of cyclic esters (lactones) is 1. The lowest BCUT2D eigenvalue weighted by Gasteiger charge is -2.14. The Morgan fingerprint density at radius 3 is 3.00 bits per heavy atom. The number of aryl methyl sites for hydroxylation is 1. The summed E-state index contributed by atoms with van der Waals surface area (Å²) in [5.74, 6) is -0.449. The first-order chi connectivity index (χ1) is 10.5. The fraction of sp³-hybridized carbons (Fsp3) is 0.231. The van der Waals surface area contributed by atoms with Gasteiger partial charge >= 0.3 is 6.09 Å². The van der Waals surface area contributed by atoms with Crippen molar-refractivity contribution in [1.29, 1.82) is 0 Å². The third-order valence-electron chi connectivity index (χ3n) is 3.10. The van der Waals surface area contributed by atoms with Crippen LogP contribution in [-0.2, 0) is 4.74 Å². The van der Waals surface area contributed by atoms with Crippen LogP contribution in [-0.4, -0.2) is 44.0 Å². The van der Waals surface area contributed by atoms with E-state index in [-0.39, 0.29) is 5.11 Å². The molecule has 2 aromatic heterocycles. The van der Waals surface area contributed by atoms with Crippen LogP contribution in [0.1, 0.15) is 5.69 Å². The molecule has 0 bridgehead atoms. The number of halogens is 1. The molecule has 1 amide bonds. The van der Waals surface area contributed by atoms with Crippen molar-refractivity contribution < 1.29 is 13.9 Å². The molecule has 3 rings (SSSR count). The van der Waals surface area contributed by atoms with Crippen molar-refractivity contribution in [2.45, 2.75) is 6.92 Å². The minimum atomic E-state index is -0.475. The summed E-state index contributed by atoms with van der Waals surface area (Å²) in [5.41, 5.74) is 1.76. The van der Waals surface area contributed by atoms with Crippen LogP contribution in [0.15, 0.2) is 24.7 Å². The van der Waals surface area contributed by atoms with E-state index in [9.17, 15) is 9.18 Å². The number of pyridine rings is 1. The maximum absolute atomic E-state index is 13.2. The standard InChI is InChI=1S/C13H12FN5O2S/c1-8-11(16-12(22)18-2-3-21-13(18)20)7-19(17-8)10-4-9(14)5-15-6-10/h4-7H,2-3H2,1H3,(H,16,22). The Labute approximate surface area is 130 Å². The normalized spacial score (nSPS) is 14.1. The average Bonchev–Trinajstić information content (AvgIpc) is 3.06. The van der Waals surface area contributed by atoms with Crippen LogP contribution < -0.4 is 5.32 Å². The highest BCUT2D eigenvalue weighted by atomic mass is 32.1. The fourth-order valence-electron chi connectivity index (χ4n) is 2.00. The molecular formula is C13H12FN5O2S. The zero-order chi connectivity index (χ0) is 15.7. The van der Waals surface area contributed by atoms with Crippen LogP contribution in [0.5, 0.6) is 0 Å². The Morgan fingerprint density at radius 2 is 2.32 bits per heavy atom. The predicted octanol–water partition coefficient (Wildman–Crippen LogP) is 1.86. The highest BCUT2D eigenvalue weighted by molar-refractivity contribution is 7.80. The van der Waals surface area contributed by atoms with E-state index < -0.39 is 11.9 Å². The molecule has 0 radical (unpaired) electrons. The minimum absolute atomic E-state index is 0.238. The molecule has 22 heavy (non-hydrogen) atoms. The van der Waals surface area contributed by atoms with Gasteiger partial charge in [0.1, 0.15) is 12.4 Å². The highest BCUT2D eigenvalue weighted by Gasteiger charge is 2.26. The largest absolute Gasteiger partial charge is 0.447 e. The Balaban J connectivity index is 1.81. The number of ether oxygens (including phenoxy) is 1. The van der Waals surface area contributed by atoms with Gasteiger partial charge in [0.05, 0.1) is 42.2 Å². The minimum Gasteiger partial charge on any atom is -0.447 e. The topological polar surface area (TPSA) is 72.3 Å².